The normalized spacial score (nSPS) is 11.8. The van der Waals surface area contributed by atoms with Gasteiger partial charge in [-0.25, -0.2) is 13.2 Å². The Morgan fingerprint density at radius 2 is 1.50 bits per heavy atom. The Balaban J connectivity index is 1.71. The second-order valence-electron chi connectivity index (χ2n) is 7.83. The summed E-state index contributed by atoms with van der Waals surface area (Å²) >= 11 is 0. The van der Waals surface area contributed by atoms with E-state index in [1.165, 1.54) is 24.3 Å². The van der Waals surface area contributed by atoms with Gasteiger partial charge < -0.3 is 4.74 Å². The number of benzene rings is 3. The van der Waals surface area contributed by atoms with Crippen LogP contribution >= 0.6 is 0 Å². The molecule has 0 N–H and O–H groups in total. The standard InChI is InChI=1S/C25H24F6O/c1-2-3-4-5-17-13-21(26)20(22(27)14-17)10-7-16-6-9-19-18(12-16)8-11-23(24(19)28)32-15-25(29,30)31/h6,8-9,11-14H,2-5,7,10,15H2,1H3. The van der Waals surface area contributed by atoms with E-state index in [4.69, 9.17) is 0 Å². The molecule has 0 aromatic heterocycles. The number of ether oxygens (including phenoxy) is 1. The van der Waals surface area contributed by atoms with Gasteiger partial charge in [-0.2, -0.15) is 13.2 Å². The van der Waals surface area contributed by atoms with E-state index in [1.54, 1.807) is 12.1 Å². The van der Waals surface area contributed by atoms with Crippen LogP contribution in [0.25, 0.3) is 10.8 Å². The van der Waals surface area contributed by atoms with Gasteiger partial charge in [0.15, 0.2) is 18.2 Å². The predicted molar refractivity (Wildman–Crippen MR) is 112 cm³/mol. The van der Waals surface area contributed by atoms with Crippen LogP contribution in [0.5, 0.6) is 5.75 Å². The van der Waals surface area contributed by atoms with Gasteiger partial charge >= 0.3 is 6.18 Å². The number of hydrogen-bond acceptors (Lipinski definition) is 1. The SMILES string of the molecule is CCCCCc1cc(F)c(CCc2ccc3c(F)c(OCC(F)(F)F)ccc3c2)c(F)c1. The van der Waals surface area contributed by atoms with Crippen molar-refractivity contribution in [3.8, 4) is 5.75 Å². The van der Waals surface area contributed by atoms with Crippen molar-refractivity contribution in [2.45, 2.75) is 51.6 Å². The van der Waals surface area contributed by atoms with E-state index in [1.807, 2.05) is 0 Å². The number of hydrogen-bond donors (Lipinski definition) is 0. The van der Waals surface area contributed by atoms with Gasteiger partial charge in [-0.1, -0.05) is 44.0 Å². The number of fused-ring (bicyclic) bond motifs is 1. The number of rotatable bonds is 9. The van der Waals surface area contributed by atoms with Crippen molar-refractivity contribution in [1.82, 2.24) is 0 Å². The molecule has 0 aliphatic rings. The molecule has 0 bridgehead atoms. The van der Waals surface area contributed by atoms with Crippen LogP contribution in [0, 0.1) is 17.5 Å². The molecule has 0 unspecified atom stereocenters. The Morgan fingerprint density at radius 1 is 0.781 bits per heavy atom. The highest BCUT2D eigenvalue weighted by atomic mass is 19.4. The zero-order valence-corrected chi connectivity index (χ0v) is 17.7. The van der Waals surface area contributed by atoms with Crippen molar-refractivity contribution in [3.05, 3.63) is 76.6 Å². The lowest BCUT2D eigenvalue weighted by molar-refractivity contribution is -0.153. The summed E-state index contributed by atoms with van der Waals surface area (Å²) in [5.74, 6) is -2.51. The topological polar surface area (TPSA) is 9.23 Å². The number of halogens is 6. The molecule has 0 saturated carbocycles. The highest BCUT2D eigenvalue weighted by molar-refractivity contribution is 5.85. The van der Waals surface area contributed by atoms with E-state index in [0.717, 1.165) is 30.9 Å². The van der Waals surface area contributed by atoms with Crippen molar-refractivity contribution >= 4 is 10.8 Å². The molecule has 0 radical (unpaired) electrons. The van der Waals surface area contributed by atoms with Crippen LogP contribution in [0.2, 0.25) is 0 Å². The fourth-order valence-corrected chi connectivity index (χ4v) is 3.64. The number of unbranched alkanes of at least 4 members (excludes halogenated alkanes) is 2. The van der Waals surface area contributed by atoms with Gasteiger partial charge in [0.05, 0.1) is 0 Å². The van der Waals surface area contributed by atoms with E-state index in [0.29, 0.717) is 23.8 Å². The molecule has 0 heterocycles. The summed E-state index contributed by atoms with van der Waals surface area (Å²) in [6.45, 7) is 0.480. The molecule has 1 nitrogen and oxygen atoms in total. The first-order valence-electron chi connectivity index (χ1n) is 10.6. The van der Waals surface area contributed by atoms with Crippen LogP contribution < -0.4 is 4.74 Å². The van der Waals surface area contributed by atoms with Crippen LogP contribution in [-0.2, 0) is 19.3 Å². The zero-order chi connectivity index (χ0) is 23.3. The lowest BCUT2D eigenvalue weighted by Crippen LogP contribution is -2.19. The lowest BCUT2D eigenvalue weighted by atomic mass is 9.98. The van der Waals surface area contributed by atoms with Crippen LogP contribution in [0.4, 0.5) is 26.3 Å². The fraction of sp³-hybridized carbons (Fsp3) is 0.360. The van der Waals surface area contributed by atoms with Gasteiger partial charge in [0.2, 0.25) is 0 Å². The van der Waals surface area contributed by atoms with Crippen molar-refractivity contribution in [2.24, 2.45) is 0 Å². The van der Waals surface area contributed by atoms with E-state index in [2.05, 4.69) is 11.7 Å². The van der Waals surface area contributed by atoms with Gasteiger partial charge in [0, 0.05) is 10.9 Å². The average Bonchev–Trinajstić information content (AvgIpc) is 2.72. The third-order valence-corrected chi connectivity index (χ3v) is 5.31. The van der Waals surface area contributed by atoms with Crippen molar-refractivity contribution < 1.29 is 31.1 Å². The maximum Gasteiger partial charge on any atom is 0.422 e. The Bertz CT molecular complexity index is 1050. The maximum absolute atomic E-state index is 14.5. The van der Waals surface area contributed by atoms with E-state index in [-0.39, 0.29) is 17.4 Å². The quantitative estimate of drug-likeness (QED) is 0.238. The summed E-state index contributed by atoms with van der Waals surface area (Å²) in [7, 11) is 0. The van der Waals surface area contributed by atoms with E-state index in [9.17, 15) is 26.3 Å². The second kappa shape index (κ2) is 10.3. The predicted octanol–water partition coefficient (Wildman–Crippen LogP) is 7.72. The van der Waals surface area contributed by atoms with Crippen LogP contribution in [0.1, 0.15) is 42.9 Å². The Morgan fingerprint density at radius 3 is 2.16 bits per heavy atom. The summed E-state index contributed by atoms with van der Waals surface area (Å²) in [6, 6.07) is 10.0. The number of aryl methyl sites for hydroxylation is 2. The molecular formula is C25H24F6O. The molecule has 0 aliphatic carbocycles. The molecular weight excluding hydrogens is 430 g/mol. The van der Waals surface area contributed by atoms with E-state index >= 15 is 0 Å². The Labute approximate surface area is 183 Å². The lowest BCUT2D eigenvalue weighted by Gasteiger charge is -2.12. The second-order valence-corrected chi connectivity index (χ2v) is 7.83. The van der Waals surface area contributed by atoms with Crippen molar-refractivity contribution in [2.75, 3.05) is 6.61 Å². The summed E-state index contributed by atoms with van der Waals surface area (Å²) in [6.07, 6.45) is -0.563. The largest absolute Gasteiger partial charge is 0.481 e. The first kappa shape index (κ1) is 24.0. The van der Waals surface area contributed by atoms with Crippen LogP contribution in [0.15, 0.2) is 42.5 Å². The molecule has 3 aromatic carbocycles. The molecule has 0 aliphatic heterocycles. The van der Waals surface area contributed by atoms with Crippen molar-refractivity contribution in [1.29, 1.82) is 0 Å². The highest BCUT2D eigenvalue weighted by Gasteiger charge is 2.29. The third kappa shape index (κ3) is 6.17. The first-order chi connectivity index (χ1) is 15.2. The third-order valence-electron chi connectivity index (χ3n) is 5.31. The summed E-state index contributed by atoms with van der Waals surface area (Å²) < 4.78 is 84.8. The maximum atomic E-state index is 14.5. The fourth-order valence-electron chi connectivity index (χ4n) is 3.64. The zero-order valence-electron chi connectivity index (χ0n) is 17.7. The molecule has 0 amide bonds. The molecule has 0 fully saturated rings. The van der Waals surface area contributed by atoms with Gasteiger partial charge in [-0.15, -0.1) is 0 Å². The molecule has 0 atom stereocenters. The molecule has 172 valence electrons. The van der Waals surface area contributed by atoms with Gasteiger partial charge in [-0.05, 0) is 60.4 Å². The smallest absolute Gasteiger partial charge is 0.422 e. The Hall–Kier alpha value is -2.70. The Kier molecular flexibility index (Phi) is 7.69. The van der Waals surface area contributed by atoms with Crippen LogP contribution in [-0.4, -0.2) is 12.8 Å². The highest BCUT2D eigenvalue weighted by Crippen LogP contribution is 2.29. The van der Waals surface area contributed by atoms with Crippen LogP contribution in [0.3, 0.4) is 0 Å². The molecule has 7 heteroatoms. The summed E-state index contributed by atoms with van der Waals surface area (Å²) in [5.41, 5.74) is 1.38. The minimum absolute atomic E-state index is 0.00594. The summed E-state index contributed by atoms with van der Waals surface area (Å²) in [5, 5.41) is 0.578. The molecule has 0 spiro atoms. The minimum atomic E-state index is -4.57. The molecule has 32 heavy (non-hydrogen) atoms. The van der Waals surface area contributed by atoms with Gasteiger partial charge in [0.25, 0.3) is 0 Å². The van der Waals surface area contributed by atoms with Crippen molar-refractivity contribution in [3.63, 3.8) is 0 Å². The monoisotopic (exact) mass is 454 g/mol. The van der Waals surface area contributed by atoms with Gasteiger partial charge in [0.1, 0.15) is 11.6 Å². The van der Waals surface area contributed by atoms with Gasteiger partial charge in [-0.3, -0.25) is 0 Å². The summed E-state index contributed by atoms with van der Waals surface area (Å²) in [4.78, 5) is 0. The molecule has 3 aromatic rings. The minimum Gasteiger partial charge on any atom is -0.481 e. The van der Waals surface area contributed by atoms with E-state index < -0.39 is 36.0 Å². The average molecular weight is 454 g/mol. The molecule has 3 rings (SSSR count). The molecule has 0 saturated heterocycles. The first-order valence-corrected chi connectivity index (χ1v) is 10.6. The number of alkyl halides is 3.